The number of hydrogen-bond donors (Lipinski definition) is 2. The van der Waals surface area contributed by atoms with Crippen molar-refractivity contribution < 1.29 is 9.72 Å². The van der Waals surface area contributed by atoms with Gasteiger partial charge in [0.1, 0.15) is 18.3 Å². The van der Waals surface area contributed by atoms with Crippen molar-refractivity contribution in [3.05, 3.63) is 112 Å². The molecule has 0 aliphatic carbocycles. The zero-order valence-corrected chi connectivity index (χ0v) is 17.9. The lowest BCUT2D eigenvalue weighted by Gasteiger charge is -2.15. The molecule has 1 heterocycles. The van der Waals surface area contributed by atoms with Crippen LogP contribution in [0.1, 0.15) is 34.5 Å². The summed E-state index contributed by atoms with van der Waals surface area (Å²) in [6.07, 6.45) is 3.06. The van der Waals surface area contributed by atoms with Crippen LogP contribution in [0.25, 0.3) is 5.69 Å². The number of nitrogens with zero attached hydrogens (tertiary/aromatic N) is 4. The highest BCUT2D eigenvalue weighted by Gasteiger charge is 2.19. The first-order valence-electron chi connectivity index (χ1n) is 10.3. The van der Waals surface area contributed by atoms with Crippen LogP contribution in [-0.2, 0) is 6.54 Å². The Kier molecular flexibility index (Phi) is 6.40. The summed E-state index contributed by atoms with van der Waals surface area (Å²) in [4.78, 5) is 27.8. The predicted octanol–water partition coefficient (Wildman–Crippen LogP) is 4.28. The first kappa shape index (κ1) is 21.7. The predicted molar refractivity (Wildman–Crippen MR) is 124 cm³/mol. The molecule has 4 rings (SSSR count). The maximum absolute atomic E-state index is 12.8. The molecule has 33 heavy (non-hydrogen) atoms. The van der Waals surface area contributed by atoms with Gasteiger partial charge in [0, 0.05) is 18.2 Å². The van der Waals surface area contributed by atoms with Crippen LogP contribution in [-0.4, -0.2) is 25.6 Å². The van der Waals surface area contributed by atoms with Gasteiger partial charge in [0.05, 0.1) is 16.7 Å². The van der Waals surface area contributed by atoms with Crippen LogP contribution >= 0.6 is 0 Å². The van der Waals surface area contributed by atoms with Crippen LogP contribution in [0.4, 0.5) is 11.4 Å². The molecular formula is C24H22N6O3. The molecule has 1 unspecified atom stereocenters. The Bertz CT molecular complexity index is 1240. The number of aromatic nitrogens is 3. The van der Waals surface area contributed by atoms with Gasteiger partial charge in [-0.25, -0.2) is 9.67 Å². The molecular weight excluding hydrogens is 420 g/mol. The van der Waals surface area contributed by atoms with E-state index in [0.717, 1.165) is 16.8 Å². The summed E-state index contributed by atoms with van der Waals surface area (Å²) in [5.74, 6) is -0.388. The molecule has 0 spiro atoms. The minimum atomic E-state index is -0.490. The zero-order chi connectivity index (χ0) is 23.2. The van der Waals surface area contributed by atoms with Gasteiger partial charge in [-0.15, -0.1) is 0 Å². The van der Waals surface area contributed by atoms with Gasteiger partial charge in [-0.1, -0.05) is 42.5 Å². The molecule has 9 nitrogen and oxygen atoms in total. The first-order valence-corrected chi connectivity index (χ1v) is 10.3. The summed E-state index contributed by atoms with van der Waals surface area (Å²) >= 11 is 0. The van der Waals surface area contributed by atoms with Gasteiger partial charge < -0.3 is 10.6 Å². The highest BCUT2D eigenvalue weighted by atomic mass is 16.6. The Morgan fingerprint density at radius 1 is 1.09 bits per heavy atom. The normalized spacial score (nSPS) is 11.5. The third kappa shape index (κ3) is 5.21. The molecule has 0 saturated heterocycles. The van der Waals surface area contributed by atoms with Crippen molar-refractivity contribution in [3.8, 4) is 5.69 Å². The van der Waals surface area contributed by atoms with E-state index >= 15 is 0 Å². The van der Waals surface area contributed by atoms with E-state index in [9.17, 15) is 14.9 Å². The van der Waals surface area contributed by atoms with Crippen molar-refractivity contribution in [2.75, 3.05) is 5.32 Å². The minimum absolute atomic E-state index is 0.150. The summed E-state index contributed by atoms with van der Waals surface area (Å²) in [5, 5.41) is 21.7. The number of anilines is 1. The smallest absolute Gasteiger partial charge is 0.293 e. The lowest BCUT2D eigenvalue weighted by Crippen LogP contribution is -2.26. The topological polar surface area (TPSA) is 115 Å². The van der Waals surface area contributed by atoms with E-state index in [0.29, 0.717) is 12.2 Å². The maximum Gasteiger partial charge on any atom is 0.293 e. The molecule has 0 saturated carbocycles. The van der Waals surface area contributed by atoms with Gasteiger partial charge in [-0.05, 0) is 42.3 Å². The molecule has 0 aliphatic rings. The highest BCUT2D eigenvalue weighted by Crippen LogP contribution is 2.26. The van der Waals surface area contributed by atoms with Crippen molar-refractivity contribution in [2.24, 2.45) is 0 Å². The molecule has 0 radical (unpaired) electrons. The van der Waals surface area contributed by atoms with Crippen LogP contribution < -0.4 is 10.6 Å². The quantitative estimate of drug-likeness (QED) is 0.311. The summed E-state index contributed by atoms with van der Waals surface area (Å²) in [7, 11) is 0. The maximum atomic E-state index is 12.8. The van der Waals surface area contributed by atoms with E-state index in [1.807, 2.05) is 61.5 Å². The molecule has 0 bridgehead atoms. The molecule has 9 heteroatoms. The average molecular weight is 442 g/mol. The number of amides is 1. The lowest BCUT2D eigenvalue weighted by atomic mass is 10.1. The standard InChI is InChI=1S/C24H22N6O3/c1-17(19-7-10-21(11-8-19)29-16-25-15-27-29)28-24(31)20-9-12-22(23(13-20)30(32)33)26-14-18-5-3-2-4-6-18/h2-13,15-17,26H,14H2,1H3,(H,28,31). The number of benzene rings is 3. The summed E-state index contributed by atoms with van der Waals surface area (Å²) in [6.45, 7) is 2.29. The van der Waals surface area contributed by atoms with E-state index in [1.54, 1.807) is 23.1 Å². The molecule has 0 aliphatic heterocycles. The number of nitro benzene ring substituents is 1. The van der Waals surface area contributed by atoms with Crippen LogP contribution in [0, 0.1) is 10.1 Å². The largest absolute Gasteiger partial charge is 0.375 e. The first-order chi connectivity index (χ1) is 16.0. The summed E-state index contributed by atoms with van der Waals surface area (Å²) in [6, 6.07) is 21.3. The fourth-order valence-electron chi connectivity index (χ4n) is 3.39. The third-order valence-corrected chi connectivity index (χ3v) is 5.21. The molecule has 166 valence electrons. The van der Waals surface area contributed by atoms with E-state index in [1.165, 1.54) is 12.4 Å². The van der Waals surface area contributed by atoms with Crippen molar-refractivity contribution in [1.29, 1.82) is 0 Å². The Balaban J connectivity index is 1.44. The molecule has 1 atom stereocenters. The van der Waals surface area contributed by atoms with Crippen LogP contribution in [0.3, 0.4) is 0 Å². The number of carbonyl (C=O) groups is 1. The second-order valence-electron chi connectivity index (χ2n) is 7.45. The Morgan fingerprint density at radius 2 is 1.85 bits per heavy atom. The van der Waals surface area contributed by atoms with Crippen molar-refractivity contribution in [2.45, 2.75) is 19.5 Å². The summed E-state index contributed by atoms with van der Waals surface area (Å²) < 4.78 is 1.64. The Morgan fingerprint density at radius 3 is 2.52 bits per heavy atom. The van der Waals surface area contributed by atoms with Crippen molar-refractivity contribution >= 4 is 17.3 Å². The van der Waals surface area contributed by atoms with Crippen molar-refractivity contribution in [1.82, 2.24) is 20.1 Å². The van der Waals surface area contributed by atoms with Gasteiger partial charge >= 0.3 is 0 Å². The van der Waals surface area contributed by atoms with E-state index in [2.05, 4.69) is 20.7 Å². The fraction of sp³-hybridized carbons (Fsp3) is 0.125. The number of nitrogens with one attached hydrogen (secondary N) is 2. The van der Waals surface area contributed by atoms with Gasteiger partial charge in [-0.3, -0.25) is 14.9 Å². The van der Waals surface area contributed by atoms with E-state index in [-0.39, 0.29) is 23.2 Å². The number of rotatable bonds is 8. The molecule has 3 aromatic carbocycles. The van der Waals surface area contributed by atoms with Gasteiger partial charge in [0.2, 0.25) is 0 Å². The second-order valence-corrected chi connectivity index (χ2v) is 7.45. The SMILES string of the molecule is CC(NC(=O)c1ccc(NCc2ccccc2)c([N+](=O)[O-])c1)c1ccc(-n2cncn2)cc1. The minimum Gasteiger partial charge on any atom is -0.375 e. The third-order valence-electron chi connectivity index (χ3n) is 5.21. The summed E-state index contributed by atoms with van der Waals surface area (Å²) in [5.41, 5.74) is 3.17. The van der Waals surface area contributed by atoms with Gasteiger partial charge in [0.15, 0.2) is 0 Å². The second kappa shape index (κ2) is 9.73. The number of hydrogen-bond acceptors (Lipinski definition) is 6. The zero-order valence-electron chi connectivity index (χ0n) is 17.9. The highest BCUT2D eigenvalue weighted by molar-refractivity contribution is 5.96. The fourth-order valence-corrected chi connectivity index (χ4v) is 3.39. The molecule has 2 N–H and O–H groups in total. The van der Waals surface area contributed by atoms with E-state index < -0.39 is 4.92 Å². The number of nitro groups is 1. The molecule has 1 aromatic heterocycles. The van der Waals surface area contributed by atoms with Gasteiger partial charge in [-0.2, -0.15) is 5.10 Å². The van der Waals surface area contributed by atoms with Crippen LogP contribution in [0.5, 0.6) is 0 Å². The molecule has 1 amide bonds. The molecule has 4 aromatic rings. The van der Waals surface area contributed by atoms with E-state index in [4.69, 9.17) is 0 Å². The van der Waals surface area contributed by atoms with Crippen LogP contribution in [0.2, 0.25) is 0 Å². The molecule has 0 fully saturated rings. The Hall–Kier alpha value is -4.53. The monoisotopic (exact) mass is 442 g/mol. The van der Waals surface area contributed by atoms with Gasteiger partial charge in [0.25, 0.3) is 11.6 Å². The average Bonchev–Trinajstić information content (AvgIpc) is 3.38. The lowest BCUT2D eigenvalue weighted by molar-refractivity contribution is -0.384. The number of carbonyl (C=O) groups excluding carboxylic acids is 1. The van der Waals surface area contributed by atoms with Crippen molar-refractivity contribution in [3.63, 3.8) is 0 Å². The van der Waals surface area contributed by atoms with Crippen LogP contribution in [0.15, 0.2) is 85.5 Å². The Labute approximate surface area is 190 Å².